The van der Waals surface area contributed by atoms with Gasteiger partial charge < -0.3 is 5.32 Å². The van der Waals surface area contributed by atoms with Gasteiger partial charge in [0.05, 0.1) is 11.7 Å². The Morgan fingerprint density at radius 3 is 3.05 bits per heavy atom. The van der Waals surface area contributed by atoms with Crippen LogP contribution in [0.2, 0.25) is 0 Å². The van der Waals surface area contributed by atoms with Crippen molar-refractivity contribution < 1.29 is 9.59 Å². The smallest absolute Gasteiger partial charge is 0.231 e. The highest BCUT2D eigenvalue weighted by molar-refractivity contribution is 7.99. The van der Waals surface area contributed by atoms with E-state index >= 15 is 0 Å². The van der Waals surface area contributed by atoms with Crippen LogP contribution in [0, 0.1) is 0 Å². The van der Waals surface area contributed by atoms with Crippen LogP contribution in [0.1, 0.15) is 28.8 Å². The van der Waals surface area contributed by atoms with Crippen molar-refractivity contribution >= 4 is 29.1 Å². The minimum absolute atomic E-state index is 0.000693. The number of nitrogens with one attached hydrogen (secondary N) is 2. The van der Waals surface area contributed by atoms with Gasteiger partial charge in [0.15, 0.2) is 10.9 Å². The van der Waals surface area contributed by atoms with Crippen LogP contribution in [0.25, 0.3) is 0 Å². The van der Waals surface area contributed by atoms with Crippen LogP contribution in [0.4, 0.5) is 5.69 Å². The van der Waals surface area contributed by atoms with E-state index in [0.29, 0.717) is 10.7 Å². The summed E-state index contributed by atoms with van der Waals surface area (Å²) in [5.41, 5.74) is 2.28. The average Bonchev–Trinajstić information content (AvgIpc) is 3.06. The van der Waals surface area contributed by atoms with Crippen LogP contribution in [0.15, 0.2) is 29.7 Å². The monoisotopic (exact) mass is 288 g/mol. The van der Waals surface area contributed by atoms with Gasteiger partial charge in [-0.2, -0.15) is 5.10 Å². The number of aromatic amines is 1. The average molecular weight is 288 g/mol. The topological polar surface area (TPSA) is 87.7 Å². The van der Waals surface area contributed by atoms with Crippen molar-refractivity contribution in [1.29, 1.82) is 0 Å². The second-order valence-corrected chi connectivity index (χ2v) is 5.48. The number of amides is 1. The first kappa shape index (κ1) is 12.9. The molecule has 0 saturated carbocycles. The van der Waals surface area contributed by atoms with Gasteiger partial charge in [-0.3, -0.25) is 14.7 Å². The van der Waals surface area contributed by atoms with Crippen molar-refractivity contribution in [2.24, 2.45) is 0 Å². The van der Waals surface area contributed by atoms with Gasteiger partial charge in [0.2, 0.25) is 5.91 Å². The Morgan fingerprint density at radius 2 is 2.30 bits per heavy atom. The molecule has 0 spiro atoms. The van der Waals surface area contributed by atoms with Crippen molar-refractivity contribution in [1.82, 2.24) is 15.2 Å². The molecule has 2 heterocycles. The first-order valence-electron chi connectivity index (χ1n) is 6.11. The van der Waals surface area contributed by atoms with Crippen molar-refractivity contribution in [3.8, 4) is 0 Å². The van der Waals surface area contributed by atoms with E-state index < -0.39 is 0 Å². The molecule has 102 valence electrons. The number of nitrogens with zero attached hydrogens (tertiary/aromatic N) is 2. The fourth-order valence-electron chi connectivity index (χ4n) is 2.07. The molecule has 0 fully saturated rings. The predicted octanol–water partition coefficient (Wildman–Crippen LogP) is 1.84. The molecule has 2 aromatic rings. The molecule has 1 aromatic heterocycles. The third kappa shape index (κ3) is 2.32. The number of thioether (sulfide) groups is 1. The molecule has 0 unspecified atom stereocenters. The van der Waals surface area contributed by atoms with Crippen LogP contribution >= 0.6 is 11.8 Å². The number of anilines is 1. The Labute approximate surface area is 119 Å². The van der Waals surface area contributed by atoms with Gasteiger partial charge in [-0.1, -0.05) is 11.8 Å². The lowest BCUT2D eigenvalue weighted by Crippen LogP contribution is -2.08. The zero-order valence-corrected chi connectivity index (χ0v) is 11.5. The molecule has 1 aliphatic rings. The second kappa shape index (κ2) is 5.09. The first-order chi connectivity index (χ1) is 9.65. The fraction of sp³-hybridized carbons (Fsp3) is 0.231. The highest BCUT2D eigenvalue weighted by Crippen LogP contribution is 2.33. The number of hydrogen-bond acceptors (Lipinski definition) is 5. The summed E-state index contributed by atoms with van der Waals surface area (Å²) < 4.78 is 0. The molecule has 0 aliphatic carbocycles. The third-order valence-electron chi connectivity index (χ3n) is 3.22. The quantitative estimate of drug-likeness (QED) is 0.662. The standard InChI is InChI=1S/C13H12N4O2S/c1-7-9-4-8(2-3-10(9)16-12(7)19)11(18)5-20-13-14-6-15-17-13/h2-4,6-7H,5H2,1H3,(H,16,19)(H,14,15,17)/t7-/m0/s1. The molecule has 1 aliphatic heterocycles. The number of ketones is 1. The van der Waals surface area contributed by atoms with Gasteiger partial charge in [-0.05, 0) is 30.7 Å². The van der Waals surface area contributed by atoms with Crippen molar-refractivity contribution in [3.05, 3.63) is 35.7 Å². The number of fused-ring (bicyclic) bond motifs is 1. The summed E-state index contributed by atoms with van der Waals surface area (Å²) in [7, 11) is 0. The maximum absolute atomic E-state index is 12.1. The summed E-state index contributed by atoms with van der Waals surface area (Å²) in [5, 5.41) is 9.82. The Balaban J connectivity index is 1.75. The molecule has 0 bridgehead atoms. The predicted molar refractivity (Wildman–Crippen MR) is 74.9 cm³/mol. The summed E-state index contributed by atoms with van der Waals surface area (Å²) in [6.45, 7) is 1.83. The van der Waals surface area contributed by atoms with Crippen LogP contribution in [-0.4, -0.2) is 32.6 Å². The van der Waals surface area contributed by atoms with Crippen LogP contribution in [-0.2, 0) is 4.79 Å². The molecule has 20 heavy (non-hydrogen) atoms. The molecule has 3 rings (SSSR count). The number of aromatic nitrogens is 3. The van der Waals surface area contributed by atoms with E-state index in [9.17, 15) is 9.59 Å². The van der Waals surface area contributed by atoms with E-state index in [0.717, 1.165) is 11.3 Å². The van der Waals surface area contributed by atoms with Gasteiger partial charge in [0.25, 0.3) is 0 Å². The summed E-state index contributed by atoms with van der Waals surface area (Å²) >= 11 is 1.30. The number of H-pyrrole nitrogens is 1. The molecule has 0 saturated heterocycles. The summed E-state index contributed by atoms with van der Waals surface area (Å²) in [6, 6.07) is 5.31. The Morgan fingerprint density at radius 1 is 1.45 bits per heavy atom. The van der Waals surface area contributed by atoms with Crippen molar-refractivity contribution in [2.75, 3.05) is 11.1 Å². The molecular formula is C13H12N4O2S. The number of rotatable bonds is 4. The summed E-state index contributed by atoms with van der Waals surface area (Å²) in [6.07, 6.45) is 1.40. The van der Waals surface area contributed by atoms with Crippen LogP contribution in [0.3, 0.4) is 0 Å². The van der Waals surface area contributed by atoms with Gasteiger partial charge >= 0.3 is 0 Å². The van der Waals surface area contributed by atoms with E-state index in [1.807, 2.05) is 6.92 Å². The van der Waals surface area contributed by atoms with E-state index in [1.165, 1.54) is 18.1 Å². The molecule has 2 N–H and O–H groups in total. The molecule has 0 radical (unpaired) electrons. The van der Waals surface area contributed by atoms with Crippen LogP contribution in [0.5, 0.6) is 0 Å². The van der Waals surface area contributed by atoms with E-state index in [2.05, 4.69) is 20.5 Å². The molecule has 6 nitrogen and oxygen atoms in total. The highest BCUT2D eigenvalue weighted by atomic mass is 32.2. The lowest BCUT2D eigenvalue weighted by atomic mass is 9.99. The number of carbonyl (C=O) groups excluding carboxylic acids is 2. The first-order valence-corrected chi connectivity index (χ1v) is 7.10. The molecule has 1 amide bonds. The minimum Gasteiger partial charge on any atom is -0.325 e. The SMILES string of the molecule is C[C@@H]1C(=O)Nc2ccc(C(=O)CSc3ncn[nH]3)cc21. The van der Waals surface area contributed by atoms with Crippen LogP contribution < -0.4 is 5.32 Å². The van der Waals surface area contributed by atoms with Crippen molar-refractivity contribution in [2.45, 2.75) is 18.0 Å². The molecule has 1 atom stereocenters. The number of hydrogen-bond donors (Lipinski definition) is 2. The highest BCUT2D eigenvalue weighted by Gasteiger charge is 2.27. The maximum Gasteiger partial charge on any atom is 0.231 e. The fourth-order valence-corrected chi connectivity index (χ4v) is 2.74. The van der Waals surface area contributed by atoms with Gasteiger partial charge in [-0.25, -0.2) is 4.98 Å². The lowest BCUT2D eigenvalue weighted by molar-refractivity contribution is -0.116. The molecule has 7 heteroatoms. The Hall–Kier alpha value is -2.15. The van der Waals surface area contributed by atoms with Crippen molar-refractivity contribution in [3.63, 3.8) is 0 Å². The van der Waals surface area contributed by atoms with Gasteiger partial charge in [0, 0.05) is 11.3 Å². The normalized spacial score (nSPS) is 16.9. The molecular weight excluding hydrogens is 276 g/mol. The third-order valence-corrected chi connectivity index (χ3v) is 4.10. The van der Waals surface area contributed by atoms with E-state index in [4.69, 9.17) is 0 Å². The maximum atomic E-state index is 12.1. The zero-order chi connectivity index (χ0) is 14.1. The zero-order valence-electron chi connectivity index (χ0n) is 10.7. The minimum atomic E-state index is -0.209. The van der Waals surface area contributed by atoms with Gasteiger partial charge in [-0.15, -0.1) is 0 Å². The Kier molecular flexibility index (Phi) is 3.27. The number of benzene rings is 1. The van der Waals surface area contributed by atoms with E-state index in [1.54, 1.807) is 18.2 Å². The summed E-state index contributed by atoms with van der Waals surface area (Å²) in [5.74, 6) is 0.0464. The lowest BCUT2D eigenvalue weighted by Gasteiger charge is -2.04. The Bertz CT molecular complexity index is 669. The number of Topliss-reactive ketones (excluding diaryl/α,β-unsaturated/α-hetero) is 1. The summed E-state index contributed by atoms with van der Waals surface area (Å²) in [4.78, 5) is 27.7. The number of carbonyl (C=O) groups is 2. The molecule has 1 aromatic carbocycles. The van der Waals surface area contributed by atoms with Gasteiger partial charge in [0.1, 0.15) is 6.33 Å². The van der Waals surface area contributed by atoms with E-state index in [-0.39, 0.29) is 23.4 Å². The second-order valence-electron chi connectivity index (χ2n) is 4.52. The largest absolute Gasteiger partial charge is 0.325 e.